The van der Waals surface area contributed by atoms with Crippen LogP contribution in [0.5, 0.6) is 0 Å². The molecule has 1 heterocycles. The van der Waals surface area contributed by atoms with Crippen molar-refractivity contribution in [2.24, 2.45) is 5.92 Å². The van der Waals surface area contributed by atoms with E-state index in [1.807, 2.05) is 0 Å². The average molecular weight is 282 g/mol. The number of benzene rings is 1. The van der Waals surface area contributed by atoms with Crippen molar-refractivity contribution in [1.29, 1.82) is 0 Å². The van der Waals surface area contributed by atoms with E-state index in [9.17, 15) is 8.78 Å². The fourth-order valence-electron chi connectivity index (χ4n) is 2.70. The van der Waals surface area contributed by atoms with Crippen molar-refractivity contribution < 1.29 is 8.78 Å². The molecule has 2 nitrogen and oxygen atoms in total. The topological polar surface area (TPSA) is 15.3 Å². The van der Waals surface area contributed by atoms with Gasteiger partial charge in [-0.25, -0.2) is 8.78 Å². The van der Waals surface area contributed by atoms with Gasteiger partial charge in [-0.3, -0.25) is 4.90 Å². The fourth-order valence-corrected chi connectivity index (χ4v) is 2.70. The molecule has 4 heteroatoms. The molecule has 0 radical (unpaired) electrons. The number of halogens is 2. The normalized spacial score (nSPS) is 24.9. The molecular formula is C16H24F2N2. The second kappa shape index (κ2) is 6.64. The second-order valence-corrected chi connectivity index (χ2v) is 6.12. The van der Waals surface area contributed by atoms with Crippen LogP contribution < -0.4 is 5.32 Å². The number of nitrogens with zero attached hydrogens (tertiary/aromatic N) is 1. The van der Waals surface area contributed by atoms with E-state index in [1.165, 1.54) is 12.1 Å². The first-order valence-corrected chi connectivity index (χ1v) is 7.38. The van der Waals surface area contributed by atoms with Crippen LogP contribution in [0.4, 0.5) is 8.78 Å². The maximum atomic E-state index is 13.3. The van der Waals surface area contributed by atoms with E-state index >= 15 is 0 Å². The molecule has 0 aliphatic carbocycles. The van der Waals surface area contributed by atoms with Gasteiger partial charge in [-0.1, -0.05) is 19.9 Å². The second-order valence-electron chi connectivity index (χ2n) is 6.12. The summed E-state index contributed by atoms with van der Waals surface area (Å²) in [6.07, 6.45) is 1.08. The number of hydrogen-bond acceptors (Lipinski definition) is 2. The van der Waals surface area contributed by atoms with Gasteiger partial charge in [0.2, 0.25) is 0 Å². The van der Waals surface area contributed by atoms with Gasteiger partial charge in [0.05, 0.1) is 0 Å². The Morgan fingerprint density at radius 2 is 2.05 bits per heavy atom. The standard InChI is InChI=1S/C16H24F2N2/c1-11(2)16-10-20(12(3)6-7-19-16)9-13-4-5-14(17)15(18)8-13/h4-5,8,11-12,16,19H,6-7,9-10H2,1-3H3. The third kappa shape index (κ3) is 3.76. The predicted molar refractivity (Wildman–Crippen MR) is 77.5 cm³/mol. The van der Waals surface area contributed by atoms with E-state index in [4.69, 9.17) is 0 Å². The Morgan fingerprint density at radius 1 is 1.30 bits per heavy atom. The van der Waals surface area contributed by atoms with E-state index in [0.29, 0.717) is 24.5 Å². The van der Waals surface area contributed by atoms with Crippen LogP contribution in [0.3, 0.4) is 0 Å². The van der Waals surface area contributed by atoms with Crippen LogP contribution >= 0.6 is 0 Å². The van der Waals surface area contributed by atoms with Gasteiger partial charge in [0.1, 0.15) is 0 Å². The van der Waals surface area contributed by atoms with Crippen LogP contribution in [0.25, 0.3) is 0 Å². The van der Waals surface area contributed by atoms with E-state index < -0.39 is 11.6 Å². The van der Waals surface area contributed by atoms with Gasteiger partial charge in [-0.15, -0.1) is 0 Å². The predicted octanol–water partition coefficient (Wildman–Crippen LogP) is 3.17. The van der Waals surface area contributed by atoms with Crippen molar-refractivity contribution >= 4 is 0 Å². The average Bonchev–Trinajstić information content (AvgIpc) is 2.57. The van der Waals surface area contributed by atoms with Gasteiger partial charge < -0.3 is 5.32 Å². The highest BCUT2D eigenvalue weighted by Gasteiger charge is 2.24. The monoisotopic (exact) mass is 282 g/mol. The first-order chi connectivity index (χ1) is 9.47. The van der Waals surface area contributed by atoms with Crippen LogP contribution in [-0.2, 0) is 6.54 Å². The Labute approximate surface area is 120 Å². The lowest BCUT2D eigenvalue weighted by molar-refractivity contribution is 0.183. The van der Waals surface area contributed by atoms with Crippen LogP contribution in [0.1, 0.15) is 32.8 Å². The molecule has 0 aromatic heterocycles. The van der Waals surface area contributed by atoms with Crippen molar-refractivity contribution in [3.8, 4) is 0 Å². The van der Waals surface area contributed by atoms with Gasteiger partial charge >= 0.3 is 0 Å². The van der Waals surface area contributed by atoms with Crippen molar-refractivity contribution in [2.75, 3.05) is 13.1 Å². The Bertz CT molecular complexity index is 448. The maximum absolute atomic E-state index is 13.3. The lowest BCUT2D eigenvalue weighted by atomic mass is 10.0. The highest BCUT2D eigenvalue weighted by molar-refractivity contribution is 5.17. The molecule has 0 saturated carbocycles. The number of rotatable bonds is 3. The van der Waals surface area contributed by atoms with E-state index in [-0.39, 0.29) is 0 Å². The van der Waals surface area contributed by atoms with Crippen molar-refractivity contribution in [3.05, 3.63) is 35.4 Å². The molecular weight excluding hydrogens is 258 g/mol. The minimum Gasteiger partial charge on any atom is -0.312 e. The van der Waals surface area contributed by atoms with Crippen LogP contribution in [0, 0.1) is 17.6 Å². The minimum atomic E-state index is -0.778. The molecule has 1 saturated heterocycles. The summed E-state index contributed by atoms with van der Waals surface area (Å²) in [4.78, 5) is 2.36. The molecule has 2 unspecified atom stereocenters. The SMILES string of the molecule is CC(C)C1CN(Cc2ccc(F)c(F)c2)C(C)CCN1. The lowest BCUT2D eigenvalue weighted by Gasteiger charge is -2.30. The van der Waals surface area contributed by atoms with E-state index in [2.05, 4.69) is 31.0 Å². The van der Waals surface area contributed by atoms with Crippen LogP contribution in [-0.4, -0.2) is 30.1 Å². The van der Waals surface area contributed by atoms with Gasteiger partial charge in [-0.2, -0.15) is 0 Å². The Balaban J connectivity index is 2.09. The van der Waals surface area contributed by atoms with Gasteiger partial charge in [-0.05, 0) is 43.5 Å². The molecule has 112 valence electrons. The summed E-state index contributed by atoms with van der Waals surface area (Å²) in [6.45, 7) is 9.25. The molecule has 2 atom stereocenters. The third-order valence-electron chi connectivity index (χ3n) is 4.20. The molecule has 20 heavy (non-hydrogen) atoms. The van der Waals surface area contributed by atoms with Gasteiger partial charge in [0.25, 0.3) is 0 Å². The summed E-state index contributed by atoms with van der Waals surface area (Å²) in [5.74, 6) is -0.976. The quantitative estimate of drug-likeness (QED) is 0.916. The Morgan fingerprint density at radius 3 is 2.70 bits per heavy atom. The molecule has 1 fully saturated rings. The lowest BCUT2D eigenvalue weighted by Crippen LogP contribution is -2.42. The summed E-state index contributed by atoms with van der Waals surface area (Å²) in [6, 6.07) is 5.09. The number of nitrogens with one attached hydrogen (secondary N) is 1. The van der Waals surface area contributed by atoms with Crippen molar-refractivity contribution in [1.82, 2.24) is 10.2 Å². The largest absolute Gasteiger partial charge is 0.312 e. The molecule has 0 spiro atoms. The first-order valence-electron chi connectivity index (χ1n) is 7.38. The maximum Gasteiger partial charge on any atom is 0.159 e. The zero-order chi connectivity index (χ0) is 14.7. The minimum absolute atomic E-state index is 0.444. The Kier molecular flexibility index (Phi) is 5.11. The van der Waals surface area contributed by atoms with Crippen molar-refractivity contribution in [2.45, 2.75) is 45.8 Å². The van der Waals surface area contributed by atoms with Crippen molar-refractivity contribution in [3.63, 3.8) is 0 Å². The molecule has 1 aromatic rings. The van der Waals surface area contributed by atoms with Crippen LogP contribution in [0.15, 0.2) is 18.2 Å². The molecule has 0 bridgehead atoms. The molecule has 1 aromatic carbocycles. The van der Waals surface area contributed by atoms with E-state index in [1.54, 1.807) is 6.07 Å². The molecule has 0 amide bonds. The van der Waals surface area contributed by atoms with E-state index in [0.717, 1.165) is 25.1 Å². The van der Waals surface area contributed by atoms with Gasteiger partial charge in [0, 0.05) is 25.2 Å². The summed E-state index contributed by atoms with van der Waals surface area (Å²) in [7, 11) is 0. The zero-order valence-electron chi connectivity index (χ0n) is 12.5. The summed E-state index contributed by atoms with van der Waals surface area (Å²) >= 11 is 0. The fraction of sp³-hybridized carbons (Fsp3) is 0.625. The molecule has 1 aliphatic rings. The highest BCUT2D eigenvalue weighted by Crippen LogP contribution is 2.18. The smallest absolute Gasteiger partial charge is 0.159 e. The summed E-state index contributed by atoms with van der Waals surface area (Å²) in [5.41, 5.74) is 0.833. The first kappa shape index (κ1) is 15.4. The molecule has 1 aliphatic heterocycles. The Hall–Kier alpha value is -1.00. The number of hydrogen-bond donors (Lipinski definition) is 1. The third-order valence-corrected chi connectivity index (χ3v) is 4.20. The highest BCUT2D eigenvalue weighted by atomic mass is 19.2. The van der Waals surface area contributed by atoms with Gasteiger partial charge in [0.15, 0.2) is 11.6 Å². The molecule has 1 N–H and O–H groups in total. The summed E-state index contributed by atoms with van der Waals surface area (Å²) < 4.78 is 26.3. The molecule has 2 rings (SSSR count). The summed E-state index contributed by atoms with van der Waals surface area (Å²) in [5, 5.41) is 3.57. The van der Waals surface area contributed by atoms with Crippen LogP contribution in [0.2, 0.25) is 0 Å². The zero-order valence-corrected chi connectivity index (χ0v) is 12.5.